The van der Waals surface area contributed by atoms with E-state index in [1.54, 1.807) is 4.90 Å². The minimum absolute atomic E-state index is 0.00126. The van der Waals surface area contributed by atoms with E-state index in [-0.39, 0.29) is 17.8 Å². The molecule has 1 atom stereocenters. The summed E-state index contributed by atoms with van der Waals surface area (Å²) < 4.78 is 26.9. The molecular weight excluding hydrogens is 322 g/mol. The van der Waals surface area contributed by atoms with Gasteiger partial charge in [0.2, 0.25) is 0 Å². The molecule has 1 saturated heterocycles. The van der Waals surface area contributed by atoms with Crippen molar-refractivity contribution < 1.29 is 13.6 Å². The van der Waals surface area contributed by atoms with Crippen LogP contribution in [0.3, 0.4) is 0 Å². The quantitative estimate of drug-likeness (QED) is 0.775. The molecule has 0 aliphatic carbocycles. The minimum atomic E-state index is -0.768. The van der Waals surface area contributed by atoms with Gasteiger partial charge in [0.1, 0.15) is 11.6 Å². The molecule has 3 nitrogen and oxygen atoms in total. The maximum Gasteiger partial charge on any atom is 0.322 e. The second-order valence-electron chi connectivity index (χ2n) is 6.53. The molecule has 2 aromatic rings. The number of nitrogens with one attached hydrogen (secondary N) is 1. The van der Waals surface area contributed by atoms with Gasteiger partial charge in [-0.25, -0.2) is 13.6 Å². The van der Waals surface area contributed by atoms with Crippen molar-refractivity contribution in [2.45, 2.75) is 38.6 Å². The molecule has 2 aromatic carbocycles. The summed E-state index contributed by atoms with van der Waals surface area (Å²) in [5, 5.41) is 2.59. The first-order chi connectivity index (χ1) is 12.0. The lowest BCUT2D eigenvalue weighted by Crippen LogP contribution is -2.38. The number of hydrogen-bond donors (Lipinski definition) is 1. The number of likely N-dealkylation sites (tertiary alicyclic amines) is 1. The molecule has 5 heteroatoms. The van der Waals surface area contributed by atoms with Gasteiger partial charge in [-0.15, -0.1) is 0 Å². The first-order valence-electron chi connectivity index (χ1n) is 8.64. The molecule has 1 N–H and O–H groups in total. The van der Waals surface area contributed by atoms with Crippen LogP contribution < -0.4 is 5.32 Å². The third kappa shape index (κ3) is 4.16. The Morgan fingerprint density at radius 1 is 1.12 bits per heavy atom. The van der Waals surface area contributed by atoms with Gasteiger partial charge in [0.15, 0.2) is 0 Å². The van der Waals surface area contributed by atoms with Gasteiger partial charge in [-0.3, -0.25) is 0 Å². The third-order valence-electron chi connectivity index (χ3n) is 4.61. The number of carbonyl (C=O) groups is 1. The van der Waals surface area contributed by atoms with Crippen LogP contribution in [-0.4, -0.2) is 17.5 Å². The second-order valence-corrected chi connectivity index (χ2v) is 6.53. The Morgan fingerprint density at radius 3 is 2.72 bits per heavy atom. The maximum atomic E-state index is 13.9. The van der Waals surface area contributed by atoms with Gasteiger partial charge >= 0.3 is 6.03 Å². The molecule has 1 fully saturated rings. The maximum absolute atomic E-state index is 13.9. The van der Waals surface area contributed by atoms with Crippen LogP contribution in [0.4, 0.5) is 19.3 Å². The van der Waals surface area contributed by atoms with E-state index in [0.29, 0.717) is 6.54 Å². The molecular formula is C20H22F2N2O. The molecule has 132 valence electrons. The molecule has 2 amide bonds. The Morgan fingerprint density at radius 2 is 1.96 bits per heavy atom. The Balaban J connectivity index is 1.84. The standard InChI is InChI=1S/C20H22F2N2O/c1-14-6-5-7-15(12-14)19-8-3-2-4-11-24(19)20(25)23-18-10-9-16(21)13-17(18)22/h5-7,9-10,12-13,19H,2-4,8,11H2,1H3,(H,23,25)/t19-/m0/s1. The molecule has 0 radical (unpaired) electrons. The predicted octanol–water partition coefficient (Wildman–Crippen LogP) is 5.42. The van der Waals surface area contributed by atoms with Crippen molar-refractivity contribution in [1.29, 1.82) is 0 Å². The lowest BCUT2D eigenvalue weighted by atomic mass is 9.99. The molecule has 0 saturated carbocycles. The van der Waals surface area contributed by atoms with Crippen molar-refractivity contribution in [3.63, 3.8) is 0 Å². The highest BCUT2D eigenvalue weighted by atomic mass is 19.1. The normalized spacial score (nSPS) is 17.9. The predicted molar refractivity (Wildman–Crippen MR) is 94.5 cm³/mol. The lowest BCUT2D eigenvalue weighted by Gasteiger charge is -2.31. The summed E-state index contributed by atoms with van der Waals surface area (Å²) >= 11 is 0. The molecule has 0 aromatic heterocycles. The van der Waals surface area contributed by atoms with E-state index < -0.39 is 11.6 Å². The summed E-state index contributed by atoms with van der Waals surface area (Å²) in [7, 11) is 0. The molecule has 0 bridgehead atoms. The summed E-state index contributed by atoms with van der Waals surface area (Å²) in [6, 6.07) is 10.9. The van der Waals surface area contributed by atoms with E-state index >= 15 is 0 Å². The average Bonchev–Trinajstić information content (AvgIpc) is 2.83. The van der Waals surface area contributed by atoms with Crippen molar-refractivity contribution in [2.75, 3.05) is 11.9 Å². The summed E-state index contributed by atoms with van der Waals surface area (Å²) in [5.74, 6) is -1.43. The highest BCUT2D eigenvalue weighted by Crippen LogP contribution is 2.31. The zero-order valence-electron chi connectivity index (χ0n) is 14.3. The summed E-state index contributed by atoms with van der Waals surface area (Å²) in [6.07, 6.45) is 3.91. The molecule has 0 spiro atoms. The van der Waals surface area contributed by atoms with E-state index in [1.807, 2.05) is 25.1 Å². The van der Waals surface area contributed by atoms with Crippen molar-refractivity contribution >= 4 is 11.7 Å². The molecule has 1 heterocycles. The Labute approximate surface area is 146 Å². The molecule has 25 heavy (non-hydrogen) atoms. The Bertz CT molecular complexity index is 763. The van der Waals surface area contributed by atoms with Gasteiger partial charge in [-0.05, 0) is 37.5 Å². The van der Waals surface area contributed by atoms with E-state index in [2.05, 4.69) is 11.4 Å². The number of hydrogen-bond acceptors (Lipinski definition) is 1. The highest BCUT2D eigenvalue weighted by Gasteiger charge is 2.27. The zero-order valence-corrected chi connectivity index (χ0v) is 14.3. The smallest absolute Gasteiger partial charge is 0.317 e. The van der Waals surface area contributed by atoms with E-state index in [0.717, 1.165) is 48.9 Å². The largest absolute Gasteiger partial charge is 0.322 e. The number of benzene rings is 2. The van der Waals surface area contributed by atoms with Crippen LogP contribution in [-0.2, 0) is 0 Å². The van der Waals surface area contributed by atoms with Gasteiger partial charge < -0.3 is 10.2 Å². The number of urea groups is 1. The molecule has 3 rings (SSSR count). The van der Waals surface area contributed by atoms with Gasteiger partial charge in [-0.1, -0.05) is 42.7 Å². The second kappa shape index (κ2) is 7.64. The number of nitrogens with zero attached hydrogens (tertiary/aromatic N) is 1. The minimum Gasteiger partial charge on any atom is -0.317 e. The van der Waals surface area contributed by atoms with Gasteiger partial charge in [0, 0.05) is 12.6 Å². The van der Waals surface area contributed by atoms with Crippen LogP contribution in [0.25, 0.3) is 0 Å². The lowest BCUT2D eigenvalue weighted by molar-refractivity contribution is 0.189. The summed E-state index contributed by atoms with van der Waals surface area (Å²) in [5.41, 5.74) is 2.24. The van der Waals surface area contributed by atoms with Gasteiger partial charge in [0.05, 0.1) is 11.7 Å². The number of amides is 2. The van der Waals surface area contributed by atoms with Gasteiger partial charge in [-0.2, -0.15) is 0 Å². The van der Waals surface area contributed by atoms with E-state index in [4.69, 9.17) is 0 Å². The Kier molecular flexibility index (Phi) is 5.31. The molecule has 0 unspecified atom stereocenters. The van der Waals surface area contributed by atoms with Gasteiger partial charge in [0.25, 0.3) is 0 Å². The summed E-state index contributed by atoms with van der Waals surface area (Å²) in [4.78, 5) is 14.5. The SMILES string of the molecule is Cc1cccc([C@@H]2CCCCCN2C(=O)Nc2ccc(F)cc2F)c1. The van der Waals surface area contributed by atoms with Crippen molar-refractivity contribution in [3.05, 3.63) is 65.2 Å². The van der Waals surface area contributed by atoms with E-state index in [9.17, 15) is 13.6 Å². The number of rotatable bonds is 2. The fourth-order valence-corrected chi connectivity index (χ4v) is 3.35. The first-order valence-corrected chi connectivity index (χ1v) is 8.64. The third-order valence-corrected chi connectivity index (χ3v) is 4.61. The van der Waals surface area contributed by atoms with Crippen LogP contribution in [0.5, 0.6) is 0 Å². The van der Waals surface area contributed by atoms with Crippen molar-refractivity contribution in [2.24, 2.45) is 0 Å². The first kappa shape index (κ1) is 17.4. The number of carbonyl (C=O) groups excluding carboxylic acids is 1. The number of aryl methyl sites for hydroxylation is 1. The van der Waals surface area contributed by atoms with Crippen LogP contribution in [0.15, 0.2) is 42.5 Å². The van der Waals surface area contributed by atoms with Crippen LogP contribution in [0.2, 0.25) is 0 Å². The molecule has 1 aliphatic rings. The van der Waals surface area contributed by atoms with Crippen LogP contribution in [0, 0.1) is 18.6 Å². The molecule has 1 aliphatic heterocycles. The fraction of sp³-hybridized carbons (Fsp3) is 0.350. The monoisotopic (exact) mass is 344 g/mol. The highest BCUT2D eigenvalue weighted by molar-refractivity contribution is 5.89. The Hall–Kier alpha value is -2.43. The number of halogens is 2. The summed E-state index contributed by atoms with van der Waals surface area (Å²) in [6.45, 7) is 2.64. The topological polar surface area (TPSA) is 32.3 Å². The zero-order chi connectivity index (χ0) is 17.8. The van der Waals surface area contributed by atoms with Crippen LogP contribution in [0.1, 0.15) is 42.9 Å². The number of anilines is 1. The fourth-order valence-electron chi connectivity index (χ4n) is 3.35. The average molecular weight is 344 g/mol. The van der Waals surface area contributed by atoms with Crippen molar-refractivity contribution in [1.82, 2.24) is 4.90 Å². The van der Waals surface area contributed by atoms with Crippen molar-refractivity contribution in [3.8, 4) is 0 Å². The van der Waals surface area contributed by atoms with E-state index in [1.165, 1.54) is 6.07 Å². The van der Waals surface area contributed by atoms with Crippen LogP contribution >= 0.6 is 0 Å².